The number of rotatable bonds is 6. The Hall–Kier alpha value is -3.68. The second-order valence-electron chi connectivity index (χ2n) is 10.3. The Labute approximate surface area is 240 Å². The van der Waals surface area contributed by atoms with Crippen LogP contribution in [0.2, 0.25) is 5.02 Å². The maximum absolute atomic E-state index is 12.3. The number of nitrogens with zero attached hydrogens (tertiary/aromatic N) is 3. The van der Waals surface area contributed by atoms with Crippen molar-refractivity contribution >= 4 is 46.2 Å². The highest BCUT2D eigenvalue weighted by atomic mass is 35.5. The first-order chi connectivity index (χ1) is 18.7. The molecule has 1 saturated heterocycles. The highest BCUT2D eigenvalue weighted by Crippen LogP contribution is 2.44. The van der Waals surface area contributed by atoms with E-state index in [1.165, 1.54) is 5.56 Å². The van der Waals surface area contributed by atoms with Gasteiger partial charge in [-0.15, -0.1) is 0 Å². The molecule has 4 aromatic rings. The number of para-hydroxylation sites is 1. The molecule has 0 saturated carbocycles. The Morgan fingerprint density at radius 1 is 1.05 bits per heavy atom. The highest BCUT2D eigenvalue weighted by Gasteiger charge is 2.42. The lowest BCUT2D eigenvalue weighted by atomic mass is 9.96. The molecular weight excluding hydrogens is 526 g/mol. The predicted octanol–water partition coefficient (Wildman–Crippen LogP) is 7.22. The van der Waals surface area contributed by atoms with Gasteiger partial charge in [0.05, 0.1) is 28.5 Å². The van der Waals surface area contributed by atoms with E-state index >= 15 is 0 Å². The summed E-state index contributed by atoms with van der Waals surface area (Å²) in [7, 11) is 0. The lowest BCUT2D eigenvalue weighted by Crippen LogP contribution is -2.29. The zero-order valence-electron chi connectivity index (χ0n) is 22.7. The van der Waals surface area contributed by atoms with Gasteiger partial charge in [0.1, 0.15) is 0 Å². The zero-order chi connectivity index (χ0) is 27.8. The molecular formula is C31H32ClN5OS. The molecule has 39 heavy (non-hydrogen) atoms. The van der Waals surface area contributed by atoms with Gasteiger partial charge in [-0.2, -0.15) is 0 Å². The molecule has 2 atom stereocenters. The lowest BCUT2D eigenvalue weighted by Gasteiger charge is -2.28. The molecule has 200 valence electrons. The first kappa shape index (κ1) is 26.9. The Bertz CT molecular complexity index is 1550. The molecule has 1 amide bonds. The number of thiocarbonyl (C=S) groups is 1. The number of carbonyl (C=O) groups excluding carboxylic acids is 1. The summed E-state index contributed by atoms with van der Waals surface area (Å²) < 4.78 is 2.30. The van der Waals surface area contributed by atoms with Gasteiger partial charge in [0.15, 0.2) is 5.11 Å². The van der Waals surface area contributed by atoms with E-state index in [1.807, 2.05) is 50.2 Å². The third-order valence-corrected chi connectivity index (χ3v) is 7.88. The minimum Gasteiger partial charge on any atom is -0.351 e. The van der Waals surface area contributed by atoms with Crippen molar-refractivity contribution in [3.8, 4) is 5.69 Å². The number of aromatic nitrogens is 2. The van der Waals surface area contributed by atoms with Gasteiger partial charge in [-0.25, -0.2) is 0 Å². The van der Waals surface area contributed by atoms with Crippen LogP contribution in [-0.2, 0) is 4.79 Å². The molecule has 0 unspecified atom stereocenters. The van der Waals surface area contributed by atoms with Crippen LogP contribution in [0.5, 0.6) is 0 Å². The molecule has 0 radical (unpaired) electrons. The quantitative estimate of drug-likeness (QED) is 0.245. The summed E-state index contributed by atoms with van der Waals surface area (Å²) in [5.41, 5.74) is 8.09. The molecule has 0 bridgehead atoms. The van der Waals surface area contributed by atoms with E-state index in [-0.39, 0.29) is 23.9 Å². The van der Waals surface area contributed by atoms with Crippen molar-refractivity contribution in [2.45, 2.75) is 46.7 Å². The Balaban J connectivity index is 1.63. The minimum absolute atomic E-state index is 0.0836. The predicted molar refractivity (Wildman–Crippen MR) is 163 cm³/mol. The fourth-order valence-corrected chi connectivity index (χ4v) is 5.82. The van der Waals surface area contributed by atoms with E-state index in [9.17, 15) is 4.79 Å². The molecule has 5 rings (SSSR count). The molecule has 1 aliphatic heterocycles. The fraction of sp³-hybridized carbons (Fsp3) is 0.258. The molecule has 0 aliphatic carbocycles. The molecule has 2 aromatic heterocycles. The van der Waals surface area contributed by atoms with Crippen molar-refractivity contribution in [3.05, 3.63) is 106 Å². The van der Waals surface area contributed by atoms with Crippen LogP contribution in [0.4, 0.5) is 11.4 Å². The van der Waals surface area contributed by atoms with Crippen LogP contribution in [0.3, 0.4) is 0 Å². The van der Waals surface area contributed by atoms with Crippen LogP contribution in [0.15, 0.2) is 72.9 Å². The van der Waals surface area contributed by atoms with Crippen LogP contribution < -0.4 is 15.5 Å². The topological polar surface area (TPSA) is 62.2 Å². The van der Waals surface area contributed by atoms with Crippen LogP contribution in [0, 0.1) is 26.7 Å². The first-order valence-corrected chi connectivity index (χ1v) is 13.8. The third-order valence-electron chi connectivity index (χ3n) is 7.26. The first-order valence-electron chi connectivity index (χ1n) is 13.0. The van der Waals surface area contributed by atoms with Crippen molar-refractivity contribution in [1.82, 2.24) is 14.9 Å². The maximum Gasteiger partial charge on any atom is 0.226 e. The standard InChI is InChI=1S/C31H32ClN5OS/c1-18(2)30(38)34-25-14-13-22(17-24(25)32)37-29(28(35-31(37)39)26-11-8-9-15-33-26)23-16-20(4)36(21(23)5)27-12-7-6-10-19(27)3/h6-18,28-29H,1-5H3,(H,34,38)(H,35,39)/t28-,29+/m0/s1. The second-order valence-corrected chi connectivity index (χ2v) is 11.0. The molecule has 1 aliphatic rings. The summed E-state index contributed by atoms with van der Waals surface area (Å²) >= 11 is 12.6. The summed E-state index contributed by atoms with van der Waals surface area (Å²) in [5, 5.41) is 7.48. The van der Waals surface area contributed by atoms with Crippen molar-refractivity contribution in [2.24, 2.45) is 5.92 Å². The van der Waals surface area contributed by atoms with Crippen molar-refractivity contribution in [3.63, 3.8) is 0 Å². The number of amides is 1. The van der Waals surface area contributed by atoms with Gasteiger partial charge in [0, 0.05) is 34.9 Å². The number of hydrogen-bond donors (Lipinski definition) is 2. The molecule has 8 heteroatoms. The largest absolute Gasteiger partial charge is 0.351 e. The van der Waals surface area contributed by atoms with Gasteiger partial charge < -0.3 is 20.1 Å². The number of anilines is 2. The fourth-order valence-electron chi connectivity index (χ4n) is 5.25. The Morgan fingerprint density at radius 3 is 2.46 bits per heavy atom. The average Bonchev–Trinajstić information content (AvgIpc) is 3.41. The van der Waals surface area contributed by atoms with Crippen LogP contribution in [0.25, 0.3) is 5.69 Å². The van der Waals surface area contributed by atoms with Crippen molar-refractivity contribution < 1.29 is 4.79 Å². The number of halogens is 1. The summed E-state index contributed by atoms with van der Waals surface area (Å²) in [5.74, 6) is -0.233. The van der Waals surface area contributed by atoms with Gasteiger partial charge >= 0.3 is 0 Å². The zero-order valence-corrected chi connectivity index (χ0v) is 24.3. The molecule has 2 aromatic carbocycles. The van der Waals surface area contributed by atoms with Crippen LogP contribution >= 0.6 is 23.8 Å². The van der Waals surface area contributed by atoms with E-state index in [4.69, 9.17) is 23.8 Å². The second kappa shape index (κ2) is 10.8. The summed E-state index contributed by atoms with van der Waals surface area (Å²) in [6.07, 6.45) is 1.81. The maximum atomic E-state index is 12.3. The van der Waals surface area contributed by atoms with Crippen molar-refractivity contribution in [1.29, 1.82) is 0 Å². The molecule has 0 spiro atoms. The average molecular weight is 558 g/mol. The number of carbonyl (C=O) groups is 1. The SMILES string of the molecule is Cc1ccccc1-n1c(C)cc([C@@H]2[C@H](c3ccccn3)NC(=S)N2c2ccc(NC(=O)C(C)C)c(Cl)c2)c1C. The van der Waals surface area contributed by atoms with Gasteiger partial charge in [-0.1, -0.05) is 49.7 Å². The van der Waals surface area contributed by atoms with E-state index in [2.05, 4.69) is 76.2 Å². The summed E-state index contributed by atoms with van der Waals surface area (Å²) in [6.45, 7) is 10.1. The Kier molecular flexibility index (Phi) is 7.47. The number of hydrogen-bond acceptors (Lipinski definition) is 3. The van der Waals surface area contributed by atoms with E-state index in [1.54, 1.807) is 6.20 Å². The van der Waals surface area contributed by atoms with E-state index in [0.29, 0.717) is 15.8 Å². The molecule has 6 nitrogen and oxygen atoms in total. The number of benzene rings is 2. The smallest absolute Gasteiger partial charge is 0.226 e. The number of pyridine rings is 1. The van der Waals surface area contributed by atoms with Gasteiger partial charge in [-0.3, -0.25) is 9.78 Å². The number of aryl methyl sites for hydroxylation is 2. The van der Waals surface area contributed by atoms with E-state index < -0.39 is 0 Å². The Morgan fingerprint density at radius 2 is 1.79 bits per heavy atom. The molecule has 3 heterocycles. The summed E-state index contributed by atoms with van der Waals surface area (Å²) in [4.78, 5) is 19.1. The number of nitrogens with one attached hydrogen (secondary N) is 2. The lowest BCUT2D eigenvalue weighted by molar-refractivity contribution is -0.118. The van der Waals surface area contributed by atoms with Crippen molar-refractivity contribution in [2.75, 3.05) is 10.2 Å². The summed E-state index contributed by atoms with van der Waals surface area (Å²) in [6, 6.07) is 21.9. The highest BCUT2D eigenvalue weighted by molar-refractivity contribution is 7.80. The van der Waals surface area contributed by atoms with E-state index in [0.717, 1.165) is 34.0 Å². The van der Waals surface area contributed by atoms with Gasteiger partial charge in [-0.05, 0) is 86.6 Å². The normalized spacial score (nSPS) is 17.0. The van der Waals surface area contributed by atoms with Crippen LogP contribution in [0.1, 0.15) is 54.1 Å². The molecule has 2 N–H and O–H groups in total. The van der Waals surface area contributed by atoms with Gasteiger partial charge in [0.25, 0.3) is 0 Å². The van der Waals surface area contributed by atoms with Gasteiger partial charge in [0.2, 0.25) is 5.91 Å². The third kappa shape index (κ3) is 5.04. The minimum atomic E-state index is -0.177. The van der Waals surface area contributed by atoms with Crippen LogP contribution in [-0.4, -0.2) is 20.6 Å². The monoisotopic (exact) mass is 557 g/mol. The molecule has 1 fully saturated rings.